The minimum atomic E-state index is -4.77. The molecule has 208 valence electrons. The van der Waals surface area contributed by atoms with Crippen LogP contribution >= 0.6 is 0 Å². The fourth-order valence-corrected chi connectivity index (χ4v) is 5.63. The van der Waals surface area contributed by atoms with Crippen molar-refractivity contribution in [2.45, 2.75) is 58.0 Å². The number of hydrogen-bond donors (Lipinski definition) is 0. The van der Waals surface area contributed by atoms with E-state index in [4.69, 9.17) is 4.42 Å². The first-order chi connectivity index (χ1) is 18.8. The van der Waals surface area contributed by atoms with E-state index in [1.165, 1.54) is 12.0 Å². The Morgan fingerprint density at radius 2 is 1.77 bits per heavy atom. The van der Waals surface area contributed by atoms with E-state index in [0.29, 0.717) is 30.5 Å². The number of ketones is 1. The Hall–Kier alpha value is -3.36. The maximum Gasteiger partial charge on any atom is 0.437 e. The number of oxazole rings is 1. The van der Waals surface area contributed by atoms with Crippen molar-refractivity contribution in [3.05, 3.63) is 71.2 Å². The minimum absolute atomic E-state index is 0.127. The Morgan fingerprint density at radius 3 is 2.44 bits per heavy atom. The van der Waals surface area contributed by atoms with Gasteiger partial charge in [-0.25, -0.2) is 4.98 Å². The highest BCUT2D eigenvalue weighted by atomic mass is 19.4. The number of rotatable bonds is 8. The lowest BCUT2D eigenvalue weighted by atomic mass is 9.90. The summed E-state index contributed by atoms with van der Waals surface area (Å²) < 4.78 is 46.6. The number of hydrogen-bond acceptors (Lipinski definition) is 6. The fraction of sp³-hybridized carbons (Fsp3) is 0.500. The molecule has 2 aliphatic heterocycles. The Kier molecular flexibility index (Phi) is 8.23. The third-order valence-electron chi connectivity index (χ3n) is 7.86. The van der Waals surface area contributed by atoms with Crippen LogP contribution in [0.15, 0.2) is 53.1 Å². The molecule has 0 bridgehead atoms. The highest BCUT2D eigenvalue weighted by Crippen LogP contribution is 2.35. The van der Waals surface area contributed by atoms with Gasteiger partial charge in [0.1, 0.15) is 5.82 Å². The standard InChI is InChI=1S/C30H35F3N4O2/c1-21-6-5-15-37(20-21)29-35-28(30(31,32)33)27(39-29)25(38)18-24-11-12-26(34-19-24)36-16-13-23(14-17-36)10-9-22-7-3-2-4-8-22/h2-4,7-8,11-12,19,21,23H,5-6,9-10,13-18,20H2,1H3. The topological polar surface area (TPSA) is 62.5 Å². The van der Waals surface area contributed by atoms with Crippen LogP contribution in [0.1, 0.15) is 66.4 Å². The molecule has 0 spiro atoms. The van der Waals surface area contributed by atoms with Crippen molar-refractivity contribution in [1.82, 2.24) is 9.97 Å². The number of pyridine rings is 1. The largest absolute Gasteiger partial charge is 0.437 e. The number of aromatic nitrogens is 2. The first-order valence-corrected chi connectivity index (χ1v) is 13.9. The highest BCUT2D eigenvalue weighted by molar-refractivity contribution is 5.96. The molecule has 1 unspecified atom stereocenters. The molecule has 5 rings (SSSR count). The van der Waals surface area contributed by atoms with Gasteiger partial charge in [0.2, 0.25) is 11.5 Å². The van der Waals surface area contributed by atoms with Crippen LogP contribution in [0.2, 0.25) is 0 Å². The lowest BCUT2D eigenvalue weighted by Crippen LogP contribution is -2.34. The number of piperidine rings is 2. The quantitative estimate of drug-likeness (QED) is 0.300. The third kappa shape index (κ3) is 6.81. The van der Waals surface area contributed by atoms with Crippen LogP contribution < -0.4 is 9.80 Å². The average molecular weight is 541 g/mol. The second kappa shape index (κ2) is 11.8. The monoisotopic (exact) mass is 540 g/mol. The van der Waals surface area contributed by atoms with Crippen molar-refractivity contribution in [2.75, 3.05) is 36.0 Å². The molecule has 1 aromatic carbocycles. The Balaban J connectivity index is 1.18. The van der Waals surface area contributed by atoms with Crippen LogP contribution in [0.3, 0.4) is 0 Å². The van der Waals surface area contributed by atoms with Gasteiger partial charge in [-0.3, -0.25) is 4.79 Å². The van der Waals surface area contributed by atoms with Crippen LogP contribution in [0.4, 0.5) is 25.0 Å². The number of halogens is 3. The van der Waals surface area contributed by atoms with E-state index >= 15 is 0 Å². The van der Waals surface area contributed by atoms with E-state index in [1.54, 1.807) is 17.2 Å². The SMILES string of the molecule is CC1CCCN(c2nc(C(F)(F)F)c(C(=O)Cc3ccc(N4CCC(CCc5ccccc5)CC4)nc3)o2)C1. The maximum atomic E-state index is 13.7. The van der Waals surface area contributed by atoms with E-state index < -0.39 is 23.4 Å². The van der Waals surface area contributed by atoms with Gasteiger partial charge in [-0.15, -0.1) is 0 Å². The zero-order valence-corrected chi connectivity index (χ0v) is 22.3. The van der Waals surface area contributed by atoms with E-state index in [1.807, 2.05) is 19.1 Å². The van der Waals surface area contributed by atoms with E-state index in [0.717, 1.165) is 51.0 Å². The fourth-order valence-electron chi connectivity index (χ4n) is 5.63. The van der Waals surface area contributed by atoms with Gasteiger partial charge < -0.3 is 14.2 Å². The van der Waals surface area contributed by atoms with Gasteiger partial charge in [0.05, 0.1) is 0 Å². The van der Waals surface area contributed by atoms with Crippen LogP contribution in [-0.4, -0.2) is 41.9 Å². The molecule has 1 atom stereocenters. The summed E-state index contributed by atoms with van der Waals surface area (Å²) in [6, 6.07) is 14.0. The molecule has 2 aromatic heterocycles. The smallest absolute Gasteiger partial charge is 0.420 e. The molecule has 0 saturated carbocycles. The summed E-state index contributed by atoms with van der Waals surface area (Å²) in [7, 11) is 0. The first kappa shape index (κ1) is 27.2. The van der Waals surface area contributed by atoms with Gasteiger partial charge in [0.15, 0.2) is 5.69 Å². The maximum absolute atomic E-state index is 13.7. The molecule has 3 aromatic rings. The molecule has 0 aliphatic carbocycles. The Morgan fingerprint density at radius 1 is 1.00 bits per heavy atom. The van der Waals surface area contributed by atoms with Gasteiger partial charge >= 0.3 is 6.18 Å². The second-order valence-electron chi connectivity index (χ2n) is 10.9. The highest BCUT2D eigenvalue weighted by Gasteiger charge is 2.42. The predicted molar refractivity (Wildman–Crippen MR) is 144 cm³/mol. The van der Waals surface area contributed by atoms with Crippen LogP contribution in [0.5, 0.6) is 0 Å². The van der Waals surface area contributed by atoms with E-state index in [9.17, 15) is 18.0 Å². The molecule has 2 aliphatic rings. The number of alkyl halides is 3. The first-order valence-electron chi connectivity index (χ1n) is 13.9. The average Bonchev–Trinajstić information content (AvgIpc) is 3.40. The molecular weight excluding hydrogens is 505 g/mol. The van der Waals surface area contributed by atoms with Crippen molar-refractivity contribution in [3.63, 3.8) is 0 Å². The molecule has 0 radical (unpaired) electrons. The number of aryl methyl sites for hydroxylation is 1. The van der Waals surface area contributed by atoms with Gasteiger partial charge in [-0.1, -0.05) is 43.3 Å². The minimum Gasteiger partial charge on any atom is -0.420 e. The molecule has 2 saturated heterocycles. The van der Waals surface area contributed by atoms with Crippen molar-refractivity contribution in [3.8, 4) is 0 Å². The normalized spacial score (nSPS) is 18.9. The number of carbonyl (C=O) groups is 1. The summed E-state index contributed by atoms with van der Waals surface area (Å²) in [5.74, 6) is 0.354. The van der Waals surface area contributed by atoms with Gasteiger partial charge in [0, 0.05) is 38.8 Å². The lowest BCUT2D eigenvalue weighted by molar-refractivity contribution is -0.141. The van der Waals surface area contributed by atoms with Gasteiger partial charge in [-0.2, -0.15) is 18.2 Å². The van der Waals surface area contributed by atoms with Crippen LogP contribution in [0, 0.1) is 11.8 Å². The summed E-state index contributed by atoms with van der Waals surface area (Å²) in [6.07, 6.45) is 2.87. The molecule has 0 N–H and O–H groups in total. The molecule has 4 heterocycles. The molecule has 6 nitrogen and oxygen atoms in total. The summed E-state index contributed by atoms with van der Waals surface area (Å²) in [4.78, 5) is 25.1. The second-order valence-corrected chi connectivity index (χ2v) is 10.9. The summed E-state index contributed by atoms with van der Waals surface area (Å²) in [5, 5.41) is 0. The number of nitrogens with zero attached hydrogens (tertiary/aromatic N) is 4. The lowest BCUT2D eigenvalue weighted by Gasteiger charge is -2.33. The molecule has 39 heavy (non-hydrogen) atoms. The summed E-state index contributed by atoms with van der Waals surface area (Å²) >= 11 is 0. The third-order valence-corrected chi connectivity index (χ3v) is 7.86. The summed E-state index contributed by atoms with van der Waals surface area (Å²) in [5.41, 5.74) is 0.663. The van der Waals surface area contributed by atoms with Gasteiger partial charge in [-0.05, 0) is 67.6 Å². The van der Waals surface area contributed by atoms with Crippen LogP contribution in [0.25, 0.3) is 0 Å². The Labute approximate surface area is 227 Å². The number of anilines is 2. The summed E-state index contributed by atoms with van der Waals surface area (Å²) in [6.45, 7) is 4.98. The van der Waals surface area contributed by atoms with Crippen molar-refractivity contribution >= 4 is 17.6 Å². The molecular formula is C30H35F3N4O2. The molecule has 0 amide bonds. The predicted octanol–water partition coefficient (Wildman–Crippen LogP) is 6.60. The van der Waals surface area contributed by atoms with Gasteiger partial charge in [0.25, 0.3) is 6.01 Å². The molecule has 9 heteroatoms. The van der Waals surface area contributed by atoms with Crippen molar-refractivity contribution < 1.29 is 22.4 Å². The number of carbonyl (C=O) groups excluding carboxylic acids is 1. The number of Topliss-reactive ketones (excluding diaryl/α,β-unsaturated/α-hetero) is 1. The van der Waals surface area contributed by atoms with Crippen molar-refractivity contribution in [1.29, 1.82) is 0 Å². The van der Waals surface area contributed by atoms with E-state index in [-0.39, 0.29) is 12.4 Å². The zero-order valence-electron chi connectivity index (χ0n) is 22.3. The molecule has 2 fully saturated rings. The van der Waals surface area contributed by atoms with Crippen molar-refractivity contribution in [2.24, 2.45) is 11.8 Å². The zero-order chi connectivity index (χ0) is 27.4. The number of benzene rings is 1. The Bertz CT molecular complexity index is 1240. The van der Waals surface area contributed by atoms with E-state index in [2.05, 4.69) is 39.1 Å². The van der Waals surface area contributed by atoms with Crippen LogP contribution in [-0.2, 0) is 19.0 Å².